The van der Waals surface area contributed by atoms with Crippen molar-refractivity contribution in [2.75, 3.05) is 18.5 Å². The molecule has 1 amide bonds. The van der Waals surface area contributed by atoms with E-state index in [1.807, 2.05) is 60.5 Å². The minimum Gasteiger partial charge on any atom is -0.291 e. The van der Waals surface area contributed by atoms with Crippen LogP contribution in [0, 0.1) is 0 Å². The number of benzene rings is 2. The number of amides is 1. The second-order valence-corrected chi connectivity index (χ2v) is 4.80. The summed E-state index contributed by atoms with van der Waals surface area (Å²) in [5.41, 5.74) is 2.09. The van der Waals surface area contributed by atoms with Crippen molar-refractivity contribution in [3.8, 4) is 0 Å². The van der Waals surface area contributed by atoms with Gasteiger partial charge in [-0.15, -0.1) is 0 Å². The number of rotatable bonds is 2. The Hall–Kier alpha value is -2.13. The van der Waals surface area contributed by atoms with Crippen molar-refractivity contribution in [1.82, 2.24) is 4.90 Å². The SMILES string of the molecule is CN1CC(=O)N(c2ccccc2)C1c1ccccc1. The molecule has 3 nitrogen and oxygen atoms in total. The summed E-state index contributed by atoms with van der Waals surface area (Å²) in [6.07, 6.45) is -0.0175. The molecule has 1 fully saturated rings. The lowest BCUT2D eigenvalue weighted by atomic mass is 10.1. The van der Waals surface area contributed by atoms with E-state index in [1.54, 1.807) is 0 Å². The highest BCUT2D eigenvalue weighted by Crippen LogP contribution is 2.33. The molecule has 0 aliphatic carbocycles. The second-order valence-electron chi connectivity index (χ2n) is 4.80. The van der Waals surface area contributed by atoms with E-state index in [9.17, 15) is 4.79 Å². The molecule has 3 rings (SSSR count). The monoisotopic (exact) mass is 252 g/mol. The Bertz CT molecular complexity index is 568. The van der Waals surface area contributed by atoms with E-state index in [0.29, 0.717) is 6.54 Å². The van der Waals surface area contributed by atoms with Crippen molar-refractivity contribution in [2.45, 2.75) is 6.17 Å². The van der Waals surface area contributed by atoms with Gasteiger partial charge >= 0.3 is 0 Å². The van der Waals surface area contributed by atoms with E-state index in [1.165, 1.54) is 0 Å². The van der Waals surface area contributed by atoms with Crippen LogP contribution in [0.1, 0.15) is 11.7 Å². The van der Waals surface area contributed by atoms with Crippen LogP contribution in [0.25, 0.3) is 0 Å². The Labute approximate surface area is 113 Å². The standard InChI is InChI=1S/C16H16N2O/c1-17-12-15(19)18(14-10-6-3-7-11-14)16(17)13-8-4-2-5-9-13/h2-11,16H,12H2,1H3. The van der Waals surface area contributed by atoms with Crippen LogP contribution < -0.4 is 4.90 Å². The Morgan fingerprint density at radius 2 is 1.53 bits per heavy atom. The van der Waals surface area contributed by atoms with E-state index in [2.05, 4.69) is 17.0 Å². The summed E-state index contributed by atoms with van der Waals surface area (Å²) in [6, 6.07) is 20.0. The normalized spacial score (nSPS) is 19.9. The summed E-state index contributed by atoms with van der Waals surface area (Å²) < 4.78 is 0. The van der Waals surface area contributed by atoms with Gasteiger partial charge in [0.1, 0.15) is 6.17 Å². The van der Waals surface area contributed by atoms with Crippen LogP contribution in [0.4, 0.5) is 5.69 Å². The summed E-state index contributed by atoms with van der Waals surface area (Å²) >= 11 is 0. The topological polar surface area (TPSA) is 23.6 Å². The molecule has 96 valence electrons. The lowest BCUT2D eigenvalue weighted by Crippen LogP contribution is -2.30. The maximum atomic E-state index is 12.3. The zero-order valence-electron chi connectivity index (χ0n) is 10.9. The van der Waals surface area contributed by atoms with Gasteiger partial charge in [-0.3, -0.25) is 14.6 Å². The lowest BCUT2D eigenvalue weighted by Gasteiger charge is -2.28. The predicted molar refractivity (Wildman–Crippen MR) is 75.7 cm³/mol. The van der Waals surface area contributed by atoms with Crippen LogP contribution in [0.15, 0.2) is 60.7 Å². The zero-order chi connectivity index (χ0) is 13.2. The van der Waals surface area contributed by atoms with Gasteiger partial charge in [-0.1, -0.05) is 48.5 Å². The Balaban J connectivity index is 2.03. The lowest BCUT2D eigenvalue weighted by molar-refractivity contribution is -0.116. The van der Waals surface area contributed by atoms with Crippen LogP contribution in [-0.2, 0) is 4.79 Å². The molecule has 0 N–H and O–H groups in total. The van der Waals surface area contributed by atoms with Crippen molar-refractivity contribution >= 4 is 11.6 Å². The first-order valence-corrected chi connectivity index (χ1v) is 6.39. The summed E-state index contributed by atoms with van der Waals surface area (Å²) in [7, 11) is 1.98. The highest BCUT2D eigenvalue weighted by molar-refractivity contribution is 5.97. The summed E-state index contributed by atoms with van der Waals surface area (Å²) in [5.74, 6) is 0.141. The first-order valence-electron chi connectivity index (χ1n) is 6.39. The molecule has 19 heavy (non-hydrogen) atoms. The summed E-state index contributed by atoms with van der Waals surface area (Å²) in [5, 5.41) is 0. The fraction of sp³-hybridized carbons (Fsp3) is 0.188. The van der Waals surface area contributed by atoms with Crippen LogP contribution in [0.2, 0.25) is 0 Å². The summed E-state index contributed by atoms with van der Waals surface area (Å²) in [4.78, 5) is 16.2. The van der Waals surface area contributed by atoms with E-state index in [4.69, 9.17) is 0 Å². The van der Waals surface area contributed by atoms with E-state index >= 15 is 0 Å². The highest BCUT2D eigenvalue weighted by Gasteiger charge is 2.37. The van der Waals surface area contributed by atoms with E-state index in [-0.39, 0.29) is 12.1 Å². The van der Waals surface area contributed by atoms with Crippen molar-refractivity contribution in [3.63, 3.8) is 0 Å². The molecular weight excluding hydrogens is 236 g/mol. The van der Waals surface area contributed by atoms with Crippen LogP contribution in [-0.4, -0.2) is 24.4 Å². The van der Waals surface area contributed by atoms with Gasteiger partial charge in [-0.25, -0.2) is 0 Å². The Morgan fingerprint density at radius 3 is 2.16 bits per heavy atom. The molecule has 0 bridgehead atoms. The molecule has 1 aliphatic heterocycles. The molecule has 1 atom stereocenters. The van der Waals surface area contributed by atoms with Gasteiger partial charge in [0.25, 0.3) is 0 Å². The van der Waals surface area contributed by atoms with Crippen LogP contribution in [0.3, 0.4) is 0 Å². The van der Waals surface area contributed by atoms with Crippen molar-refractivity contribution < 1.29 is 4.79 Å². The van der Waals surface area contributed by atoms with Gasteiger partial charge in [0.15, 0.2) is 0 Å². The molecule has 1 heterocycles. The van der Waals surface area contributed by atoms with E-state index < -0.39 is 0 Å². The fourth-order valence-electron chi connectivity index (χ4n) is 2.61. The zero-order valence-corrected chi connectivity index (χ0v) is 10.9. The first kappa shape index (κ1) is 11.9. The highest BCUT2D eigenvalue weighted by atomic mass is 16.2. The maximum Gasteiger partial charge on any atom is 0.242 e. The molecule has 0 radical (unpaired) electrons. The maximum absolute atomic E-state index is 12.3. The Morgan fingerprint density at radius 1 is 0.947 bits per heavy atom. The molecule has 0 saturated carbocycles. The summed E-state index contributed by atoms with van der Waals surface area (Å²) in [6.45, 7) is 0.453. The Kier molecular flexibility index (Phi) is 3.05. The van der Waals surface area contributed by atoms with Crippen LogP contribution >= 0.6 is 0 Å². The molecule has 1 saturated heterocycles. The second kappa shape index (κ2) is 4.86. The molecule has 1 unspecified atom stereocenters. The van der Waals surface area contributed by atoms with Gasteiger partial charge in [0.05, 0.1) is 6.54 Å². The first-order chi connectivity index (χ1) is 9.27. The van der Waals surface area contributed by atoms with Crippen molar-refractivity contribution in [2.24, 2.45) is 0 Å². The smallest absolute Gasteiger partial charge is 0.242 e. The molecule has 2 aromatic rings. The number of hydrogen-bond acceptors (Lipinski definition) is 2. The largest absolute Gasteiger partial charge is 0.291 e. The number of para-hydroxylation sites is 1. The van der Waals surface area contributed by atoms with Crippen molar-refractivity contribution in [3.05, 3.63) is 66.2 Å². The third-order valence-corrected chi connectivity index (χ3v) is 3.45. The third kappa shape index (κ3) is 2.13. The minimum absolute atomic E-state index is 0.0175. The van der Waals surface area contributed by atoms with Gasteiger partial charge < -0.3 is 0 Å². The minimum atomic E-state index is -0.0175. The van der Waals surface area contributed by atoms with Gasteiger partial charge in [-0.05, 0) is 24.7 Å². The molecule has 2 aromatic carbocycles. The number of anilines is 1. The predicted octanol–water partition coefficient (Wildman–Crippen LogP) is 2.66. The number of nitrogens with zero attached hydrogens (tertiary/aromatic N) is 2. The van der Waals surface area contributed by atoms with E-state index in [0.717, 1.165) is 11.3 Å². The van der Waals surface area contributed by atoms with Gasteiger partial charge in [0.2, 0.25) is 5.91 Å². The third-order valence-electron chi connectivity index (χ3n) is 3.45. The average Bonchev–Trinajstić information content (AvgIpc) is 2.75. The quantitative estimate of drug-likeness (QED) is 0.820. The average molecular weight is 252 g/mol. The molecule has 1 aliphatic rings. The fourth-order valence-corrected chi connectivity index (χ4v) is 2.61. The van der Waals surface area contributed by atoms with Crippen molar-refractivity contribution in [1.29, 1.82) is 0 Å². The molecule has 0 aromatic heterocycles. The molecule has 3 heteroatoms. The number of hydrogen-bond donors (Lipinski definition) is 0. The van der Waals surface area contributed by atoms with Gasteiger partial charge in [0, 0.05) is 5.69 Å². The van der Waals surface area contributed by atoms with Gasteiger partial charge in [-0.2, -0.15) is 0 Å². The number of carbonyl (C=O) groups is 1. The molecule has 0 spiro atoms. The molecular formula is C16H16N2O. The van der Waals surface area contributed by atoms with Crippen LogP contribution in [0.5, 0.6) is 0 Å². The number of likely N-dealkylation sites (N-methyl/N-ethyl adjacent to an activating group) is 1. The number of carbonyl (C=O) groups excluding carboxylic acids is 1.